The number of hydrogen-bond donors (Lipinski definition) is 2. The molecule has 0 aliphatic heterocycles. The van der Waals surface area contributed by atoms with E-state index in [2.05, 4.69) is 42.4 Å². The van der Waals surface area contributed by atoms with Crippen LogP contribution in [0.2, 0.25) is 0 Å². The first-order valence-electron chi connectivity index (χ1n) is 19.3. The molecule has 1 saturated carbocycles. The van der Waals surface area contributed by atoms with E-state index in [0.717, 1.165) is 100 Å². The largest absolute Gasteiger partial charge is 0.378 e. The van der Waals surface area contributed by atoms with Gasteiger partial charge in [-0.1, -0.05) is 23.3 Å². The summed E-state index contributed by atoms with van der Waals surface area (Å²) in [5.74, 6) is 0.941. The SMILES string of the molecule is CN(C)c1ccc(NC(=O)N(CCC2=CCCCC2)C[C@H]2CC[C@H](CN(CCC3=CCCCC3)C(=O)Nc3ccc(N(C)C)cc3)CC2)cc1. The van der Waals surface area contributed by atoms with Crippen LogP contribution in [0.5, 0.6) is 0 Å². The van der Waals surface area contributed by atoms with Gasteiger partial charge in [0.2, 0.25) is 0 Å². The van der Waals surface area contributed by atoms with Gasteiger partial charge in [-0.15, -0.1) is 0 Å². The number of carbonyl (C=O) groups excluding carboxylic acids is 2. The van der Waals surface area contributed by atoms with Gasteiger partial charge >= 0.3 is 12.1 Å². The lowest BCUT2D eigenvalue weighted by atomic mass is 9.81. The topological polar surface area (TPSA) is 71.2 Å². The molecule has 0 unspecified atom stereocenters. The Kier molecular flexibility index (Phi) is 14.1. The molecule has 0 bridgehead atoms. The maximum Gasteiger partial charge on any atom is 0.321 e. The minimum Gasteiger partial charge on any atom is -0.378 e. The number of benzene rings is 2. The zero-order chi connectivity index (χ0) is 35.3. The first kappa shape index (κ1) is 37.3. The highest BCUT2D eigenvalue weighted by molar-refractivity contribution is 5.90. The maximum absolute atomic E-state index is 13.7. The molecule has 3 aliphatic rings. The van der Waals surface area contributed by atoms with Gasteiger partial charge in [-0.25, -0.2) is 9.59 Å². The summed E-state index contributed by atoms with van der Waals surface area (Å²) < 4.78 is 0. The highest BCUT2D eigenvalue weighted by Gasteiger charge is 2.28. The second-order valence-electron chi connectivity index (χ2n) is 15.2. The van der Waals surface area contributed by atoms with Crippen molar-refractivity contribution in [2.75, 3.05) is 74.8 Å². The number of amides is 4. The first-order valence-corrected chi connectivity index (χ1v) is 19.3. The van der Waals surface area contributed by atoms with Gasteiger partial charge in [0.15, 0.2) is 0 Å². The highest BCUT2D eigenvalue weighted by atomic mass is 16.2. The number of nitrogens with zero attached hydrogens (tertiary/aromatic N) is 4. The van der Waals surface area contributed by atoms with Gasteiger partial charge in [-0.05, 0) is 150 Å². The first-order chi connectivity index (χ1) is 24.2. The Labute approximate surface area is 302 Å². The van der Waals surface area contributed by atoms with Crippen LogP contribution in [-0.4, -0.2) is 76.2 Å². The Bertz CT molecular complexity index is 1310. The van der Waals surface area contributed by atoms with Gasteiger partial charge < -0.3 is 30.2 Å². The van der Waals surface area contributed by atoms with Crippen molar-refractivity contribution in [1.82, 2.24) is 9.80 Å². The van der Waals surface area contributed by atoms with Crippen molar-refractivity contribution in [2.24, 2.45) is 11.8 Å². The fraction of sp³-hybridized carbons (Fsp3) is 0.571. The van der Waals surface area contributed by atoms with E-state index >= 15 is 0 Å². The summed E-state index contributed by atoms with van der Waals surface area (Å²) in [5, 5.41) is 6.39. The summed E-state index contributed by atoms with van der Waals surface area (Å²) in [6, 6.07) is 16.2. The highest BCUT2D eigenvalue weighted by Crippen LogP contribution is 2.32. The lowest BCUT2D eigenvalue weighted by Crippen LogP contribution is -2.42. The number of allylic oxidation sites excluding steroid dienone is 2. The van der Waals surface area contributed by atoms with E-state index in [1.807, 2.05) is 76.7 Å². The number of nitrogens with one attached hydrogen (secondary N) is 2. The maximum atomic E-state index is 13.7. The molecule has 8 nitrogen and oxygen atoms in total. The van der Waals surface area contributed by atoms with E-state index in [-0.39, 0.29) is 12.1 Å². The Hall–Kier alpha value is -3.94. The third kappa shape index (κ3) is 11.6. The number of rotatable bonds is 14. The van der Waals surface area contributed by atoms with Gasteiger partial charge in [-0.2, -0.15) is 0 Å². The van der Waals surface area contributed by atoms with Gasteiger partial charge in [0, 0.05) is 77.1 Å². The molecule has 1 fully saturated rings. The Balaban J connectivity index is 1.18. The van der Waals surface area contributed by atoms with Crippen LogP contribution in [0.1, 0.15) is 89.9 Å². The summed E-state index contributed by atoms with van der Waals surface area (Å²) >= 11 is 0. The van der Waals surface area contributed by atoms with Gasteiger partial charge in [-0.3, -0.25) is 0 Å². The van der Waals surface area contributed by atoms with E-state index in [1.165, 1.54) is 49.7 Å². The molecule has 5 rings (SSSR count). The normalized spacial score (nSPS) is 19.1. The summed E-state index contributed by atoms with van der Waals surface area (Å²) in [6.45, 7) is 3.07. The number of hydrogen-bond acceptors (Lipinski definition) is 4. The third-order valence-electron chi connectivity index (χ3n) is 10.9. The van der Waals surface area contributed by atoms with Crippen molar-refractivity contribution in [3.05, 3.63) is 71.8 Å². The van der Waals surface area contributed by atoms with E-state index in [1.54, 1.807) is 0 Å². The summed E-state index contributed by atoms with van der Waals surface area (Å²) in [6.07, 6.45) is 20.8. The average molecular weight is 683 g/mol. The molecule has 0 radical (unpaired) electrons. The van der Waals surface area contributed by atoms with Gasteiger partial charge in [0.05, 0.1) is 0 Å². The van der Waals surface area contributed by atoms with Crippen LogP contribution in [0.3, 0.4) is 0 Å². The van der Waals surface area contributed by atoms with Crippen LogP contribution < -0.4 is 20.4 Å². The number of urea groups is 2. The minimum atomic E-state index is -0.000357. The molecule has 0 saturated heterocycles. The summed E-state index contributed by atoms with van der Waals surface area (Å²) in [7, 11) is 8.10. The number of anilines is 4. The molecule has 8 heteroatoms. The molecule has 4 amide bonds. The van der Waals surface area contributed by atoms with Crippen molar-refractivity contribution in [2.45, 2.75) is 89.9 Å². The molecule has 0 atom stereocenters. The van der Waals surface area contributed by atoms with Crippen LogP contribution in [0.4, 0.5) is 32.3 Å². The predicted molar refractivity (Wildman–Crippen MR) is 211 cm³/mol. The predicted octanol–water partition coefficient (Wildman–Crippen LogP) is 9.77. The fourth-order valence-corrected chi connectivity index (χ4v) is 7.68. The Morgan fingerprint density at radius 3 is 1.28 bits per heavy atom. The Morgan fingerprint density at radius 2 is 0.960 bits per heavy atom. The molecule has 2 aromatic carbocycles. The molecule has 2 aromatic rings. The fourth-order valence-electron chi connectivity index (χ4n) is 7.68. The molecule has 2 N–H and O–H groups in total. The monoisotopic (exact) mass is 682 g/mol. The third-order valence-corrected chi connectivity index (χ3v) is 10.9. The van der Waals surface area contributed by atoms with Crippen LogP contribution >= 0.6 is 0 Å². The van der Waals surface area contributed by atoms with Crippen molar-refractivity contribution in [1.29, 1.82) is 0 Å². The molecule has 3 aliphatic carbocycles. The minimum absolute atomic E-state index is 0.000357. The molecular weight excluding hydrogens is 621 g/mol. The quantitative estimate of drug-likeness (QED) is 0.195. The zero-order valence-corrected chi connectivity index (χ0v) is 31.3. The number of carbonyl (C=O) groups is 2. The van der Waals surface area contributed by atoms with Crippen molar-refractivity contribution in [3.8, 4) is 0 Å². The van der Waals surface area contributed by atoms with Crippen molar-refractivity contribution in [3.63, 3.8) is 0 Å². The Morgan fingerprint density at radius 1 is 0.580 bits per heavy atom. The molecule has 0 aromatic heterocycles. The lowest BCUT2D eigenvalue weighted by Gasteiger charge is -2.35. The van der Waals surface area contributed by atoms with Crippen molar-refractivity contribution >= 4 is 34.8 Å². The second-order valence-corrected chi connectivity index (χ2v) is 15.2. The summed E-state index contributed by atoms with van der Waals surface area (Å²) in [5.41, 5.74) is 6.90. The standard InChI is InChI=1S/C42H62N6O2/c1-45(2)39-23-19-37(20-24-39)43-41(49)47(29-27-33-11-7-5-8-12-33)31-35-15-17-36(18-16-35)32-48(30-28-34-13-9-6-10-14-34)42(50)44-38-21-25-40(26-22-38)46(3)4/h11,13,19-26,35-36H,5-10,12,14-18,27-32H2,1-4H3,(H,43,49)(H,44,50)/t35-,36-. The van der Waals surface area contributed by atoms with E-state index in [0.29, 0.717) is 11.8 Å². The van der Waals surface area contributed by atoms with Crippen LogP contribution in [0.25, 0.3) is 0 Å². The van der Waals surface area contributed by atoms with Gasteiger partial charge in [0.25, 0.3) is 0 Å². The average Bonchev–Trinajstić information content (AvgIpc) is 3.13. The molecule has 272 valence electrons. The van der Waals surface area contributed by atoms with Crippen LogP contribution in [-0.2, 0) is 0 Å². The second kappa shape index (κ2) is 18.9. The van der Waals surface area contributed by atoms with E-state index in [9.17, 15) is 9.59 Å². The molecule has 0 spiro atoms. The van der Waals surface area contributed by atoms with Crippen LogP contribution in [0.15, 0.2) is 71.8 Å². The smallest absolute Gasteiger partial charge is 0.321 e. The summed E-state index contributed by atoms with van der Waals surface area (Å²) in [4.78, 5) is 35.7. The molecule has 50 heavy (non-hydrogen) atoms. The van der Waals surface area contributed by atoms with Crippen LogP contribution in [0, 0.1) is 11.8 Å². The van der Waals surface area contributed by atoms with E-state index < -0.39 is 0 Å². The molecular formula is C42H62N6O2. The van der Waals surface area contributed by atoms with Gasteiger partial charge in [0.1, 0.15) is 0 Å². The van der Waals surface area contributed by atoms with Crippen molar-refractivity contribution < 1.29 is 9.59 Å². The zero-order valence-electron chi connectivity index (χ0n) is 31.3. The lowest BCUT2D eigenvalue weighted by molar-refractivity contribution is 0.161. The molecule has 0 heterocycles. The van der Waals surface area contributed by atoms with E-state index in [4.69, 9.17) is 0 Å².